The molecule has 1 saturated heterocycles. The summed E-state index contributed by atoms with van der Waals surface area (Å²) in [6.45, 7) is 5.06. The van der Waals surface area contributed by atoms with E-state index in [2.05, 4.69) is 10.6 Å². The number of carbonyl (C=O) groups excluding carboxylic acids is 5. The summed E-state index contributed by atoms with van der Waals surface area (Å²) in [5, 5.41) is 5.77. The summed E-state index contributed by atoms with van der Waals surface area (Å²) in [7, 11) is 0. The van der Waals surface area contributed by atoms with Crippen LogP contribution in [0.3, 0.4) is 0 Å². The van der Waals surface area contributed by atoms with Crippen molar-refractivity contribution < 1.29 is 38.3 Å². The third kappa shape index (κ3) is 8.89. The second-order valence-electron chi connectivity index (χ2n) is 8.43. The topological polar surface area (TPSA) is 140 Å². The van der Waals surface area contributed by atoms with Crippen LogP contribution in [-0.4, -0.2) is 53.2 Å². The highest BCUT2D eigenvalue weighted by molar-refractivity contribution is 6.31. The largest absolute Gasteiger partial charge is 0.445 e. The number of halogens is 1. The Hall–Kier alpha value is -3.34. The number of hydroxylamine groups is 2. The van der Waals surface area contributed by atoms with Crippen molar-refractivity contribution in [2.75, 3.05) is 6.54 Å². The summed E-state index contributed by atoms with van der Waals surface area (Å²) in [5.74, 6) is -2.29. The van der Waals surface area contributed by atoms with Gasteiger partial charge in [-0.25, -0.2) is 14.4 Å². The van der Waals surface area contributed by atoms with Gasteiger partial charge >= 0.3 is 18.2 Å². The monoisotopic (exact) mass is 497 g/mol. The number of nitrogens with one attached hydrogen (secondary N) is 2. The highest BCUT2D eigenvalue weighted by Crippen LogP contribution is 2.16. The zero-order valence-corrected chi connectivity index (χ0v) is 20.0. The quantitative estimate of drug-likeness (QED) is 0.392. The average Bonchev–Trinajstić information content (AvgIpc) is 3.06. The van der Waals surface area contributed by atoms with Crippen molar-refractivity contribution >= 4 is 41.6 Å². The number of hydrogen-bond acceptors (Lipinski definition) is 8. The average molecular weight is 498 g/mol. The van der Waals surface area contributed by atoms with Crippen LogP contribution >= 0.6 is 11.6 Å². The predicted molar refractivity (Wildman–Crippen MR) is 119 cm³/mol. The summed E-state index contributed by atoms with van der Waals surface area (Å²) in [5.41, 5.74) is -0.165. The Balaban J connectivity index is 1.86. The minimum absolute atomic E-state index is 0.0153. The van der Waals surface area contributed by atoms with E-state index in [4.69, 9.17) is 25.9 Å². The summed E-state index contributed by atoms with van der Waals surface area (Å²) in [4.78, 5) is 64.9. The van der Waals surface area contributed by atoms with Gasteiger partial charge in [0.2, 0.25) is 0 Å². The van der Waals surface area contributed by atoms with Crippen LogP contribution in [0.5, 0.6) is 0 Å². The van der Waals surface area contributed by atoms with E-state index in [0.29, 0.717) is 15.6 Å². The lowest BCUT2D eigenvalue weighted by atomic mass is 10.1. The summed E-state index contributed by atoms with van der Waals surface area (Å²) in [6, 6.07) is 5.70. The van der Waals surface area contributed by atoms with Crippen LogP contribution < -0.4 is 10.6 Å². The third-order valence-corrected chi connectivity index (χ3v) is 4.79. The second kappa shape index (κ2) is 12.2. The molecular formula is C22H28ClN3O8. The molecule has 0 aliphatic carbocycles. The van der Waals surface area contributed by atoms with E-state index in [9.17, 15) is 24.0 Å². The van der Waals surface area contributed by atoms with Crippen molar-refractivity contribution in [3.63, 3.8) is 0 Å². The van der Waals surface area contributed by atoms with Gasteiger partial charge in [-0.15, -0.1) is 5.06 Å². The van der Waals surface area contributed by atoms with Gasteiger partial charge in [0.15, 0.2) is 0 Å². The molecule has 1 atom stereocenters. The molecule has 1 aromatic rings. The molecule has 1 aromatic carbocycles. The maximum absolute atomic E-state index is 12.5. The van der Waals surface area contributed by atoms with Crippen molar-refractivity contribution in [3.05, 3.63) is 34.9 Å². The molecule has 0 saturated carbocycles. The molecule has 0 spiro atoms. The fourth-order valence-corrected chi connectivity index (χ4v) is 3.01. The molecule has 2 N–H and O–H groups in total. The van der Waals surface area contributed by atoms with Crippen molar-refractivity contribution in [1.29, 1.82) is 0 Å². The molecule has 2 rings (SSSR count). The highest BCUT2D eigenvalue weighted by Gasteiger charge is 2.35. The van der Waals surface area contributed by atoms with Gasteiger partial charge in [0.05, 0.1) is 0 Å². The first-order chi connectivity index (χ1) is 16.0. The van der Waals surface area contributed by atoms with Gasteiger partial charge in [-0.3, -0.25) is 9.59 Å². The van der Waals surface area contributed by atoms with Crippen molar-refractivity contribution in [3.8, 4) is 0 Å². The fraction of sp³-hybridized carbons (Fsp3) is 0.500. The van der Waals surface area contributed by atoms with Gasteiger partial charge in [0.1, 0.15) is 18.2 Å². The van der Waals surface area contributed by atoms with Crippen LogP contribution in [0.1, 0.15) is 52.0 Å². The Kier molecular flexibility index (Phi) is 9.67. The molecule has 186 valence electrons. The summed E-state index contributed by atoms with van der Waals surface area (Å²) in [6.07, 6.45) is -1.42. The minimum Gasteiger partial charge on any atom is -0.445 e. The van der Waals surface area contributed by atoms with Crippen LogP contribution in [-0.2, 0) is 35.3 Å². The maximum Gasteiger partial charge on any atom is 0.408 e. The van der Waals surface area contributed by atoms with Gasteiger partial charge in [-0.05, 0) is 39.7 Å². The van der Waals surface area contributed by atoms with Crippen LogP contribution in [0.4, 0.5) is 9.59 Å². The Bertz CT molecular complexity index is 915. The predicted octanol–water partition coefficient (Wildman–Crippen LogP) is 2.85. The number of nitrogens with zero attached hydrogens (tertiary/aromatic N) is 1. The van der Waals surface area contributed by atoms with Gasteiger partial charge in [-0.1, -0.05) is 29.8 Å². The fourth-order valence-electron chi connectivity index (χ4n) is 2.82. The Morgan fingerprint density at radius 2 is 1.74 bits per heavy atom. The molecule has 0 radical (unpaired) electrons. The first kappa shape index (κ1) is 26.9. The molecule has 34 heavy (non-hydrogen) atoms. The third-order valence-electron chi connectivity index (χ3n) is 4.42. The molecule has 1 aliphatic rings. The van der Waals surface area contributed by atoms with Gasteiger partial charge in [0.25, 0.3) is 11.8 Å². The SMILES string of the molecule is CC(C)(C)OC(=O)N[C@H](CCCNC(=O)OCc1ccccc1Cl)C(=O)ON1C(=O)CCC1=O. The molecule has 1 fully saturated rings. The van der Waals surface area contributed by atoms with Gasteiger partial charge in [-0.2, -0.15) is 0 Å². The standard InChI is InChI=1S/C22H28ClN3O8/c1-22(2,3)33-21(31)25-16(19(29)34-26-17(27)10-11-18(26)28)9-6-12-24-20(30)32-13-14-7-4-5-8-15(14)23/h4-5,7-8,16H,6,9-13H2,1-3H3,(H,24,30)(H,25,31)/t16-/m1/s1. The zero-order valence-electron chi connectivity index (χ0n) is 19.2. The van der Waals surface area contributed by atoms with Gasteiger partial charge < -0.3 is 24.9 Å². The lowest BCUT2D eigenvalue weighted by molar-refractivity contribution is -0.199. The van der Waals surface area contributed by atoms with Crippen LogP contribution in [0.15, 0.2) is 24.3 Å². The molecule has 4 amide bonds. The van der Waals surface area contributed by atoms with Crippen molar-refractivity contribution in [2.45, 2.75) is 64.7 Å². The Morgan fingerprint density at radius 3 is 2.35 bits per heavy atom. The number of benzene rings is 1. The summed E-state index contributed by atoms with van der Waals surface area (Å²) < 4.78 is 10.3. The number of hydrogen-bond donors (Lipinski definition) is 2. The van der Waals surface area contributed by atoms with E-state index in [1.54, 1.807) is 45.0 Å². The van der Waals surface area contributed by atoms with Crippen LogP contribution in [0.25, 0.3) is 0 Å². The first-order valence-corrected chi connectivity index (χ1v) is 11.0. The van der Waals surface area contributed by atoms with Gasteiger partial charge in [0, 0.05) is 30.0 Å². The molecule has 1 aliphatic heterocycles. The van der Waals surface area contributed by atoms with Crippen molar-refractivity contribution in [2.24, 2.45) is 0 Å². The maximum atomic E-state index is 12.5. The number of rotatable bonds is 9. The van der Waals surface area contributed by atoms with E-state index in [1.807, 2.05) is 0 Å². The second-order valence-corrected chi connectivity index (χ2v) is 8.83. The molecule has 11 nitrogen and oxygen atoms in total. The number of ether oxygens (including phenoxy) is 2. The molecule has 0 aromatic heterocycles. The zero-order chi connectivity index (χ0) is 25.3. The summed E-state index contributed by atoms with van der Waals surface area (Å²) >= 11 is 6.01. The molecule has 12 heteroatoms. The highest BCUT2D eigenvalue weighted by atomic mass is 35.5. The van der Waals surface area contributed by atoms with Crippen molar-refractivity contribution in [1.82, 2.24) is 15.7 Å². The smallest absolute Gasteiger partial charge is 0.408 e. The molecule has 0 unspecified atom stereocenters. The van der Waals surface area contributed by atoms with E-state index < -0.39 is 41.6 Å². The minimum atomic E-state index is -1.23. The molecule has 1 heterocycles. The van der Waals surface area contributed by atoms with Crippen LogP contribution in [0.2, 0.25) is 5.02 Å². The lowest BCUT2D eigenvalue weighted by Gasteiger charge is -2.23. The molecular weight excluding hydrogens is 470 g/mol. The Morgan fingerprint density at radius 1 is 1.09 bits per heavy atom. The lowest BCUT2D eigenvalue weighted by Crippen LogP contribution is -2.47. The van der Waals surface area contributed by atoms with E-state index in [1.165, 1.54) is 0 Å². The normalized spacial score (nSPS) is 14.4. The van der Waals surface area contributed by atoms with Crippen LogP contribution in [0, 0.1) is 0 Å². The first-order valence-electron chi connectivity index (χ1n) is 10.7. The van der Waals surface area contributed by atoms with E-state index in [0.717, 1.165) is 0 Å². The number of carbonyl (C=O) groups is 5. The van der Waals surface area contributed by atoms with E-state index >= 15 is 0 Å². The molecule has 0 bridgehead atoms. The number of alkyl carbamates (subject to hydrolysis) is 2. The number of amides is 4. The Labute approximate surface area is 202 Å². The van der Waals surface area contributed by atoms with E-state index in [-0.39, 0.29) is 38.8 Å². The number of imide groups is 1.